The van der Waals surface area contributed by atoms with Crippen molar-refractivity contribution in [1.29, 1.82) is 0 Å². The molecule has 1 aliphatic rings. The molecule has 1 saturated carbocycles. The van der Waals surface area contributed by atoms with Gasteiger partial charge in [-0.2, -0.15) is 0 Å². The summed E-state index contributed by atoms with van der Waals surface area (Å²) in [6.45, 7) is 2.62. The summed E-state index contributed by atoms with van der Waals surface area (Å²) in [5.41, 5.74) is 0. The fourth-order valence-corrected chi connectivity index (χ4v) is 4.04. The summed E-state index contributed by atoms with van der Waals surface area (Å²) in [5.74, 6) is -5.87. The molecule has 0 radical (unpaired) electrons. The van der Waals surface area contributed by atoms with Crippen molar-refractivity contribution in [2.75, 3.05) is 6.61 Å². The smallest absolute Gasteiger partial charge is 0.306 e. The molecule has 33 heavy (non-hydrogen) atoms. The molecule has 1 fully saturated rings. The number of benzene rings is 1. The van der Waals surface area contributed by atoms with E-state index >= 15 is 0 Å². The number of allylic oxidation sites excluding steroid dienone is 2. The van der Waals surface area contributed by atoms with Crippen molar-refractivity contribution in [2.24, 2.45) is 11.8 Å². The molecule has 0 amide bonds. The number of esters is 1. The van der Waals surface area contributed by atoms with E-state index in [1.54, 1.807) is 50.3 Å². The first-order chi connectivity index (χ1) is 15.6. The zero-order valence-corrected chi connectivity index (χ0v) is 19.2. The van der Waals surface area contributed by atoms with Crippen LogP contribution in [-0.2, 0) is 14.3 Å². The van der Waals surface area contributed by atoms with Crippen molar-refractivity contribution < 1.29 is 38.1 Å². The number of Topliss-reactive ketones (excluding diaryl/α,β-unsaturated/α-hetero) is 1. The minimum absolute atomic E-state index is 0.0258. The summed E-state index contributed by atoms with van der Waals surface area (Å²) in [4.78, 5) is 24.2. The topological polar surface area (TPSA) is 93.1 Å². The molecule has 0 bridgehead atoms. The van der Waals surface area contributed by atoms with E-state index in [0.717, 1.165) is 0 Å². The van der Waals surface area contributed by atoms with Gasteiger partial charge in [0.2, 0.25) is 0 Å². The van der Waals surface area contributed by atoms with Gasteiger partial charge >= 0.3 is 5.97 Å². The quantitative estimate of drug-likeness (QED) is 0.257. The number of hydrogen-bond donors (Lipinski definition) is 2. The molecule has 6 nitrogen and oxygen atoms in total. The lowest BCUT2D eigenvalue weighted by Crippen LogP contribution is -2.36. The minimum atomic E-state index is -3.40. The first-order valence-corrected chi connectivity index (χ1v) is 11.4. The number of para-hydroxylation sites is 1. The monoisotopic (exact) mass is 468 g/mol. The van der Waals surface area contributed by atoms with Crippen LogP contribution in [-0.4, -0.2) is 52.8 Å². The minimum Gasteiger partial charge on any atom is -0.487 e. The average Bonchev–Trinajstić information content (AvgIpc) is 3.02. The van der Waals surface area contributed by atoms with Crippen LogP contribution in [0.15, 0.2) is 42.5 Å². The molecular weight excluding hydrogens is 434 g/mol. The summed E-state index contributed by atoms with van der Waals surface area (Å²) in [5, 5.41) is 20.5. The van der Waals surface area contributed by atoms with Gasteiger partial charge in [0, 0.05) is 24.7 Å². The SMILES string of the molecule is CC(C)OC(=O)CCC/C=C\C[C@@H]1[C@@H](C(=O)CC(F)(F)COc2ccccc2)[C@H](O)C[C@@H]1O. The molecule has 1 aliphatic carbocycles. The number of halogens is 2. The normalized spacial score (nSPS) is 23.2. The highest BCUT2D eigenvalue weighted by molar-refractivity contribution is 5.83. The maximum atomic E-state index is 14.4. The van der Waals surface area contributed by atoms with Gasteiger partial charge in [-0.3, -0.25) is 9.59 Å². The number of aliphatic hydroxyl groups is 2. The van der Waals surface area contributed by atoms with Gasteiger partial charge in [-0.1, -0.05) is 30.4 Å². The summed E-state index contributed by atoms with van der Waals surface area (Å²) in [6, 6.07) is 8.14. The molecule has 2 rings (SSSR count). The van der Waals surface area contributed by atoms with Crippen LogP contribution >= 0.6 is 0 Å². The second-order valence-electron chi connectivity index (χ2n) is 8.80. The number of alkyl halides is 2. The fraction of sp³-hybridized carbons (Fsp3) is 0.600. The van der Waals surface area contributed by atoms with Crippen molar-refractivity contribution in [3.05, 3.63) is 42.5 Å². The van der Waals surface area contributed by atoms with Crippen LogP contribution in [0.3, 0.4) is 0 Å². The molecule has 0 aromatic heterocycles. The van der Waals surface area contributed by atoms with Gasteiger partial charge in [0.1, 0.15) is 11.5 Å². The summed E-state index contributed by atoms with van der Waals surface area (Å²) in [6.07, 6.45) is 1.98. The highest BCUT2D eigenvalue weighted by Gasteiger charge is 2.47. The molecule has 4 atom stereocenters. The number of rotatable bonds is 13. The third kappa shape index (κ3) is 9.21. The Balaban J connectivity index is 1.84. The van der Waals surface area contributed by atoms with Gasteiger partial charge in [0.05, 0.1) is 24.7 Å². The van der Waals surface area contributed by atoms with Crippen molar-refractivity contribution in [2.45, 2.75) is 76.6 Å². The lowest BCUT2D eigenvalue weighted by Gasteiger charge is -2.24. The number of aliphatic hydroxyl groups excluding tert-OH is 2. The lowest BCUT2D eigenvalue weighted by atomic mass is 9.85. The number of carbonyl (C=O) groups is 2. The Morgan fingerprint density at radius 3 is 2.52 bits per heavy atom. The number of carbonyl (C=O) groups excluding carboxylic acids is 2. The lowest BCUT2D eigenvalue weighted by molar-refractivity contribution is -0.147. The first kappa shape index (κ1) is 26.9. The first-order valence-electron chi connectivity index (χ1n) is 11.4. The third-order valence-electron chi connectivity index (χ3n) is 5.54. The zero-order chi connectivity index (χ0) is 24.4. The molecular formula is C25H34F2O6. The van der Waals surface area contributed by atoms with Gasteiger partial charge < -0.3 is 19.7 Å². The predicted octanol–water partition coefficient (Wildman–Crippen LogP) is 4.09. The molecule has 1 aromatic rings. The highest BCUT2D eigenvalue weighted by atomic mass is 19.3. The van der Waals surface area contributed by atoms with Crippen molar-refractivity contribution in [1.82, 2.24) is 0 Å². The molecule has 2 N–H and O–H groups in total. The van der Waals surface area contributed by atoms with Gasteiger partial charge in [0.15, 0.2) is 6.61 Å². The van der Waals surface area contributed by atoms with Crippen molar-refractivity contribution in [3.8, 4) is 5.75 Å². The molecule has 0 heterocycles. The Morgan fingerprint density at radius 2 is 1.85 bits per heavy atom. The fourth-order valence-electron chi connectivity index (χ4n) is 4.04. The molecule has 0 spiro atoms. The molecule has 8 heteroatoms. The predicted molar refractivity (Wildman–Crippen MR) is 119 cm³/mol. The largest absolute Gasteiger partial charge is 0.487 e. The van der Waals surface area contributed by atoms with Crippen molar-refractivity contribution in [3.63, 3.8) is 0 Å². The van der Waals surface area contributed by atoms with Gasteiger partial charge in [-0.25, -0.2) is 8.78 Å². The summed E-state index contributed by atoms with van der Waals surface area (Å²) >= 11 is 0. The Kier molecular flexibility index (Phi) is 10.4. The molecule has 184 valence electrons. The maximum Gasteiger partial charge on any atom is 0.306 e. The van der Waals surface area contributed by atoms with Crippen molar-refractivity contribution >= 4 is 11.8 Å². The van der Waals surface area contributed by atoms with Crippen LogP contribution in [0.1, 0.15) is 52.4 Å². The zero-order valence-electron chi connectivity index (χ0n) is 19.2. The van der Waals surface area contributed by atoms with E-state index < -0.39 is 48.8 Å². The highest BCUT2D eigenvalue weighted by Crippen LogP contribution is 2.38. The van der Waals surface area contributed by atoms with Crippen LogP contribution in [0.4, 0.5) is 8.78 Å². The Labute approximate surface area is 193 Å². The molecule has 0 saturated heterocycles. The van der Waals surface area contributed by atoms with E-state index in [4.69, 9.17) is 9.47 Å². The summed E-state index contributed by atoms with van der Waals surface area (Å²) < 4.78 is 38.9. The number of ketones is 1. The van der Waals surface area contributed by atoms with Crippen LogP contribution in [0.2, 0.25) is 0 Å². The molecule has 0 aliphatic heterocycles. The van der Waals surface area contributed by atoms with E-state index in [1.165, 1.54) is 0 Å². The van der Waals surface area contributed by atoms with E-state index in [-0.39, 0.29) is 37.1 Å². The van der Waals surface area contributed by atoms with Crippen LogP contribution in [0.25, 0.3) is 0 Å². The van der Waals surface area contributed by atoms with Gasteiger partial charge in [0.25, 0.3) is 5.92 Å². The average molecular weight is 469 g/mol. The van der Waals surface area contributed by atoms with Crippen LogP contribution in [0, 0.1) is 11.8 Å². The summed E-state index contributed by atoms with van der Waals surface area (Å²) in [7, 11) is 0. The van der Waals surface area contributed by atoms with Gasteiger partial charge in [-0.05, 0) is 45.2 Å². The Morgan fingerprint density at radius 1 is 1.15 bits per heavy atom. The van der Waals surface area contributed by atoms with Gasteiger partial charge in [-0.15, -0.1) is 0 Å². The standard InChI is InChI=1S/C25H34F2O6/c1-17(2)33-23(31)13-9-4-3-8-12-19-20(28)14-21(29)24(19)22(30)15-25(26,27)16-32-18-10-6-5-7-11-18/h3,5-8,10-11,17,19-21,24,28-29H,4,9,12-16H2,1-2H3/b8-3-/t19-,20-,21+,24+/m0/s1. The number of ether oxygens (including phenoxy) is 2. The number of hydrogen-bond acceptors (Lipinski definition) is 6. The Bertz CT molecular complexity index is 780. The molecule has 1 aromatic carbocycles. The number of unbranched alkanes of at least 4 members (excludes halogenated alkanes) is 1. The van der Waals surface area contributed by atoms with E-state index in [9.17, 15) is 28.6 Å². The second-order valence-corrected chi connectivity index (χ2v) is 8.80. The van der Waals surface area contributed by atoms with E-state index in [1.807, 2.05) is 6.08 Å². The third-order valence-corrected chi connectivity index (χ3v) is 5.54. The Hall–Kier alpha value is -2.32. The molecule has 0 unspecified atom stereocenters. The maximum absolute atomic E-state index is 14.4. The van der Waals surface area contributed by atoms with Crippen LogP contribution < -0.4 is 4.74 Å². The van der Waals surface area contributed by atoms with E-state index in [2.05, 4.69) is 0 Å². The van der Waals surface area contributed by atoms with Crippen LogP contribution in [0.5, 0.6) is 5.75 Å². The second kappa shape index (κ2) is 12.8. The van der Waals surface area contributed by atoms with E-state index in [0.29, 0.717) is 12.8 Å².